The Labute approximate surface area is 174 Å². The van der Waals surface area contributed by atoms with Crippen molar-refractivity contribution in [1.82, 2.24) is 12.7 Å². The van der Waals surface area contributed by atoms with Crippen LogP contribution in [0.2, 0.25) is 5.02 Å². The maximum absolute atomic E-state index is 15.1. The summed E-state index contributed by atoms with van der Waals surface area (Å²) < 4.78 is 16.3. The monoisotopic (exact) mass is 505 g/mol. The second kappa shape index (κ2) is 6.28. The van der Waals surface area contributed by atoms with E-state index >= 15 is 4.39 Å². The SMILES string of the molecule is Cc1c(Cl)c2c3c(nc(=O)n(I)c3c1F)N1CC(C)N(C)CC1C(=O)N2C. The fourth-order valence-electron chi connectivity index (χ4n) is 3.87. The van der Waals surface area contributed by atoms with E-state index in [0.29, 0.717) is 30.0 Å². The fraction of sp³-hybridized carbons (Fsp3) is 0.471. The normalized spacial score (nSPS) is 23.0. The van der Waals surface area contributed by atoms with Crippen LogP contribution in [0.25, 0.3) is 10.9 Å². The summed E-state index contributed by atoms with van der Waals surface area (Å²) in [6.07, 6.45) is 0. The molecule has 0 saturated carbocycles. The number of hydrogen-bond acceptors (Lipinski definition) is 5. The molecular weight excluding hydrogens is 488 g/mol. The Morgan fingerprint density at radius 2 is 1.93 bits per heavy atom. The molecule has 27 heavy (non-hydrogen) atoms. The highest BCUT2D eigenvalue weighted by Gasteiger charge is 2.42. The van der Waals surface area contributed by atoms with Crippen LogP contribution in [0.1, 0.15) is 12.5 Å². The summed E-state index contributed by atoms with van der Waals surface area (Å²) in [6.45, 7) is 4.56. The van der Waals surface area contributed by atoms with Crippen LogP contribution in [-0.2, 0) is 4.79 Å². The first-order valence-electron chi connectivity index (χ1n) is 8.50. The lowest BCUT2D eigenvalue weighted by Crippen LogP contribution is -2.61. The zero-order valence-electron chi connectivity index (χ0n) is 15.3. The zero-order valence-corrected chi connectivity index (χ0v) is 18.2. The van der Waals surface area contributed by atoms with E-state index in [1.807, 2.05) is 18.9 Å². The van der Waals surface area contributed by atoms with Crippen LogP contribution in [-0.4, -0.2) is 57.8 Å². The number of fused-ring (bicyclic) bond motifs is 2. The molecule has 0 N–H and O–H groups in total. The maximum atomic E-state index is 15.1. The lowest BCUT2D eigenvalue weighted by molar-refractivity contribution is -0.120. The van der Waals surface area contributed by atoms with Crippen LogP contribution in [0.3, 0.4) is 0 Å². The molecule has 1 aromatic carbocycles. The van der Waals surface area contributed by atoms with Gasteiger partial charge in [0.2, 0.25) is 0 Å². The van der Waals surface area contributed by atoms with Crippen LogP contribution < -0.4 is 15.5 Å². The summed E-state index contributed by atoms with van der Waals surface area (Å²) in [5.74, 6) is -0.412. The third-order valence-electron chi connectivity index (χ3n) is 5.61. The molecule has 2 aliphatic rings. The second-order valence-corrected chi connectivity index (χ2v) is 8.52. The lowest BCUT2D eigenvalue weighted by Gasteiger charge is -2.43. The van der Waals surface area contributed by atoms with E-state index in [0.717, 1.165) is 2.78 Å². The lowest BCUT2D eigenvalue weighted by atomic mass is 10.1. The third kappa shape index (κ3) is 2.51. The number of carbonyl (C=O) groups is 1. The number of amides is 1. The molecule has 1 saturated heterocycles. The highest BCUT2D eigenvalue weighted by Crippen LogP contribution is 2.45. The Hall–Kier alpha value is -1.46. The highest BCUT2D eigenvalue weighted by molar-refractivity contribution is 14.1. The Balaban J connectivity index is 2.18. The van der Waals surface area contributed by atoms with Crippen molar-refractivity contribution in [3.8, 4) is 0 Å². The number of aromatic nitrogens is 2. The molecule has 0 aliphatic carbocycles. The second-order valence-electron chi connectivity index (χ2n) is 7.18. The number of benzene rings is 1. The van der Waals surface area contributed by atoms with Crippen LogP contribution in [0, 0.1) is 12.7 Å². The number of piperazine rings is 1. The summed E-state index contributed by atoms with van der Waals surface area (Å²) in [5, 5.41) is 0.558. The van der Waals surface area contributed by atoms with Crippen LogP contribution in [0.15, 0.2) is 4.79 Å². The van der Waals surface area contributed by atoms with Gasteiger partial charge in [0.05, 0.1) is 39.0 Å². The van der Waals surface area contributed by atoms with Gasteiger partial charge in [0.15, 0.2) is 5.82 Å². The van der Waals surface area contributed by atoms with E-state index < -0.39 is 17.5 Å². The van der Waals surface area contributed by atoms with Gasteiger partial charge < -0.3 is 9.80 Å². The van der Waals surface area contributed by atoms with Gasteiger partial charge in [-0.25, -0.2) is 12.0 Å². The fourth-order valence-corrected chi connectivity index (χ4v) is 4.74. The van der Waals surface area contributed by atoms with Crippen LogP contribution in [0.4, 0.5) is 15.9 Å². The molecule has 0 radical (unpaired) electrons. The van der Waals surface area contributed by atoms with Crippen molar-refractivity contribution in [3.63, 3.8) is 0 Å². The molecule has 0 bridgehead atoms. The molecule has 1 fully saturated rings. The van der Waals surface area contributed by atoms with Crippen molar-refractivity contribution in [3.05, 3.63) is 26.9 Å². The van der Waals surface area contributed by atoms with E-state index in [4.69, 9.17) is 11.6 Å². The van der Waals surface area contributed by atoms with Gasteiger partial charge in [-0.2, -0.15) is 4.98 Å². The number of rotatable bonds is 0. The molecule has 2 aromatic rings. The molecule has 3 heterocycles. The third-order valence-corrected chi connectivity index (χ3v) is 6.97. The van der Waals surface area contributed by atoms with Gasteiger partial charge in [0.25, 0.3) is 5.91 Å². The molecule has 1 aromatic heterocycles. The number of carbonyl (C=O) groups excluding carboxylic acids is 1. The van der Waals surface area contributed by atoms with Crippen molar-refractivity contribution >= 4 is 62.8 Å². The molecule has 2 atom stereocenters. The standard InChI is InChI=1S/C17H18ClFIN5O2/c1-7-5-24-9(6-22(7)3)16(26)23(4)13-10-14(12(19)8(2)11(13)18)25(20)17(27)21-15(10)24/h7,9H,5-6H2,1-4H3. The van der Waals surface area contributed by atoms with E-state index in [9.17, 15) is 9.59 Å². The van der Waals surface area contributed by atoms with Gasteiger partial charge in [0.1, 0.15) is 17.4 Å². The zero-order chi connectivity index (χ0) is 19.8. The Morgan fingerprint density at radius 3 is 2.59 bits per heavy atom. The molecular formula is C17H18ClFIN5O2. The average molecular weight is 506 g/mol. The van der Waals surface area contributed by atoms with Gasteiger partial charge in [-0.15, -0.1) is 0 Å². The molecule has 144 valence electrons. The van der Waals surface area contributed by atoms with E-state index in [1.165, 1.54) is 4.90 Å². The van der Waals surface area contributed by atoms with Crippen LogP contribution in [0.5, 0.6) is 0 Å². The van der Waals surface area contributed by atoms with E-state index in [1.54, 1.807) is 36.8 Å². The van der Waals surface area contributed by atoms with Crippen molar-refractivity contribution in [2.45, 2.75) is 25.9 Å². The van der Waals surface area contributed by atoms with Gasteiger partial charge in [0, 0.05) is 31.7 Å². The minimum Gasteiger partial charge on any atom is -0.341 e. The average Bonchev–Trinajstić information content (AvgIpc) is 2.70. The van der Waals surface area contributed by atoms with Crippen molar-refractivity contribution in [1.29, 1.82) is 0 Å². The van der Waals surface area contributed by atoms with Crippen LogP contribution >= 0.6 is 34.5 Å². The predicted molar refractivity (Wildman–Crippen MR) is 112 cm³/mol. The molecule has 2 unspecified atom stereocenters. The quantitative estimate of drug-likeness (QED) is 0.514. The molecule has 10 heteroatoms. The predicted octanol–water partition coefficient (Wildman–Crippen LogP) is 2.18. The smallest absolute Gasteiger partial charge is 0.341 e. The van der Waals surface area contributed by atoms with E-state index in [2.05, 4.69) is 9.88 Å². The Morgan fingerprint density at radius 1 is 1.26 bits per heavy atom. The minimum atomic E-state index is -0.577. The van der Waals surface area contributed by atoms with Gasteiger partial charge >= 0.3 is 5.69 Å². The topological polar surface area (TPSA) is 61.7 Å². The maximum Gasteiger partial charge on any atom is 0.359 e. The molecule has 1 amide bonds. The Bertz CT molecular complexity index is 1060. The van der Waals surface area contributed by atoms with Gasteiger partial charge in [-0.1, -0.05) is 11.6 Å². The first kappa shape index (κ1) is 18.9. The molecule has 0 spiro atoms. The first-order chi connectivity index (χ1) is 12.6. The Kier molecular flexibility index (Phi) is 4.39. The van der Waals surface area contributed by atoms with Gasteiger partial charge in [-0.05, 0) is 20.9 Å². The summed E-state index contributed by atoms with van der Waals surface area (Å²) in [4.78, 5) is 35.4. The molecule has 2 aliphatic heterocycles. The number of likely N-dealkylation sites (N-methyl/N-ethyl adjacent to an activating group) is 2. The summed E-state index contributed by atoms with van der Waals surface area (Å²) in [7, 11) is 3.59. The largest absolute Gasteiger partial charge is 0.359 e. The van der Waals surface area contributed by atoms with Crippen molar-refractivity contribution in [2.24, 2.45) is 0 Å². The summed E-state index contributed by atoms with van der Waals surface area (Å²) in [6, 6.07) is -0.381. The van der Waals surface area contributed by atoms with Crippen molar-refractivity contribution in [2.75, 3.05) is 37.0 Å². The van der Waals surface area contributed by atoms with Crippen molar-refractivity contribution < 1.29 is 9.18 Å². The first-order valence-corrected chi connectivity index (χ1v) is 9.84. The highest BCUT2D eigenvalue weighted by atomic mass is 127. The summed E-state index contributed by atoms with van der Waals surface area (Å²) in [5.41, 5.74) is 0.126. The molecule has 4 rings (SSSR count). The number of hydrogen-bond donors (Lipinski definition) is 0. The number of nitrogens with zero attached hydrogens (tertiary/aromatic N) is 5. The number of halogens is 3. The summed E-state index contributed by atoms with van der Waals surface area (Å²) >= 11 is 8.22. The minimum absolute atomic E-state index is 0.106. The molecule has 7 nitrogen and oxygen atoms in total. The van der Waals surface area contributed by atoms with E-state index in [-0.39, 0.29) is 28.1 Å². The van der Waals surface area contributed by atoms with Gasteiger partial charge in [-0.3, -0.25) is 9.69 Å². The number of anilines is 2.